The van der Waals surface area contributed by atoms with Gasteiger partial charge < -0.3 is 5.11 Å². The minimum Gasteiger partial charge on any atom is -0.481 e. The molecule has 0 aromatic heterocycles. The average molecular weight is 413 g/mol. The lowest BCUT2D eigenvalue weighted by atomic mass is 9.80. The third-order valence-corrected chi connectivity index (χ3v) is 6.60. The van der Waals surface area contributed by atoms with E-state index in [1.807, 2.05) is 0 Å². The number of aliphatic carboxylic acids is 1. The van der Waals surface area contributed by atoms with Gasteiger partial charge in [0.2, 0.25) is 0 Å². The highest BCUT2D eigenvalue weighted by Crippen LogP contribution is 2.35. The molecule has 1 atom stereocenters. The summed E-state index contributed by atoms with van der Waals surface area (Å²) in [6, 6.07) is 9.12. The molecular weight excluding hydrogens is 368 g/mol. The third-order valence-electron chi connectivity index (χ3n) is 6.60. The van der Waals surface area contributed by atoms with Crippen LogP contribution in [0.4, 0.5) is 0 Å². The van der Waals surface area contributed by atoms with E-state index >= 15 is 0 Å². The van der Waals surface area contributed by atoms with Gasteiger partial charge in [0.05, 0.1) is 0 Å². The van der Waals surface area contributed by atoms with Crippen LogP contribution in [-0.2, 0) is 11.2 Å². The normalized spacial score (nSPS) is 16.1. The number of unbranched alkanes of at least 4 members (excludes halogenated alkanes) is 11. The Morgan fingerprint density at radius 1 is 0.833 bits per heavy atom. The summed E-state index contributed by atoms with van der Waals surface area (Å²) in [5.41, 5.74) is 3.26. The van der Waals surface area contributed by atoms with E-state index in [0.29, 0.717) is 6.42 Å². The number of fused-ring (bicyclic) bond motifs is 1. The summed E-state index contributed by atoms with van der Waals surface area (Å²) in [5, 5.41) is 8.60. The van der Waals surface area contributed by atoms with E-state index < -0.39 is 5.97 Å². The molecule has 30 heavy (non-hydrogen) atoms. The van der Waals surface area contributed by atoms with Crippen LogP contribution in [0.2, 0.25) is 0 Å². The van der Waals surface area contributed by atoms with Crippen molar-refractivity contribution in [3.8, 4) is 0 Å². The maximum absolute atomic E-state index is 10.4. The van der Waals surface area contributed by atoms with Gasteiger partial charge >= 0.3 is 5.97 Å². The third kappa shape index (κ3) is 11.0. The van der Waals surface area contributed by atoms with Gasteiger partial charge in [-0.2, -0.15) is 0 Å². The molecule has 1 aliphatic carbocycles. The summed E-state index contributed by atoms with van der Waals surface area (Å²) in [6.07, 6.45) is 26.8. The van der Waals surface area contributed by atoms with Gasteiger partial charge in [0.15, 0.2) is 0 Å². The first-order chi connectivity index (χ1) is 14.8. The molecule has 2 nitrogen and oxygen atoms in total. The van der Waals surface area contributed by atoms with Crippen LogP contribution >= 0.6 is 0 Å². The fourth-order valence-corrected chi connectivity index (χ4v) is 4.82. The zero-order valence-corrected chi connectivity index (χ0v) is 19.1. The van der Waals surface area contributed by atoms with Crippen LogP contribution in [0.3, 0.4) is 0 Å². The average Bonchev–Trinajstić information content (AvgIpc) is 2.75. The molecule has 1 aliphatic rings. The number of carboxylic acid groups (broad SMARTS) is 1. The highest BCUT2D eigenvalue weighted by Gasteiger charge is 2.18. The number of hydrogen-bond donors (Lipinski definition) is 1. The molecule has 0 bridgehead atoms. The number of carboxylic acids is 1. The predicted molar refractivity (Wildman–Crippen MR) is 128 cm³/mol. The topological polar surface area (TPSA) is 37.3 Å². The molecule has 1 unspecified atom stereocenters. The zero-order chi connectivity index (χ0) is 21.3. The number of allylic oxidation sites excluding steroid dienone is 2. The van der Waals surface area contributed by atoms with E-state index in [9.17, 15) is 4.79 Å². The van der Waals surface area contributed by atoms with Crippen molar-refractivity contribution < 1.29 is 9.90 Å². The Balaban J connectivity index is 1.35. The molecule has 0 aliphatic heterocycles. The molecular formula is C28H44O2. The lowest BCUT2D eigenvalue weighted by molar-refractivity contribution is -0.137. The minimum atomic E-state index is -0.663. The Labute approximate surface area is 185 Å². The predicted octanol–water partition coefficient (Wildman–Crippen LogP) is 8.60. The second-order valence-corrected chi connectivity index (χ2v) is 9.16. The summed E-state index contributed by atoms with van der Waals surface area (Å²) in [7, 11) is 0. The molecule has 0 heterocycles. The van der Waals surface area contributed by atoms with Crippen LogP contribution in [0.5, 0.6) is 0 Å². The number of aryl methyl sites for hydroxylation is 1. The molecule has 0 saturated heterocycles. The number of hydrogen-bond acceptors (Lipinski definition) is 1. The lowest BCUT2D eigenvalue weighted by Gasteiger charge is -2.25. The molecule has 0 spiro atoms. The van der Waals surface area contributed by atoms with Crippen LogP contribution < -0.4 is 0 Å². The molecule has 0 fully saturated rings. The Morgan fingerprint density at radius 2 is 1.43 bits per heavy atom. The largest absolute Gasteiger partial charge is 0.481 e. The van der Waals surface area contributed by atoms with E-state index in [1.165, 1.54) is 96.3 Å². The molecule has 0 amide bonds. The Kier molecular flexibility index (Phi) is 13.3. The van der Waals surface area contributed by atoms with E-state index in [-0.39, 0.29) is 0 Å². The Bertz CT molecular complexity index is 604. The zero-order valence-electron chi connectivity index (χ0n) is 19.1. The first-order valence-corrected chi connectivity index (χ1v) is 12.7. The van der Waals surface area contributed by atoms with Crippen LogP contribution in [0.15, 0.2) is 36.4 Å². The number of rotatable bonds is 17. The van der Waals surface area contributed by atoms with Gasteiger partial charge in [-0.3, -0.25) is 4.79 Å². The SMILES string of the molecule is O=C(O)CCCCCCC/C=C\CCCCCCCCC1CCCc2ccccc21. The van der Waals surface area contributed by atoms with Crippen LogP contribution in [-0.4, -0.2) is 11.1 Å². The standard InChI is InChI=1S/C28H44O2/c29-28(30)24-15-13-11-9-7-5-3-1-2-4-6-8-10-12-14-19-25-21-18-22-26-20-16-17-23-27(25)26/h1,3,16-17,20,23,25H,2,4-15,18-19,21-22,24H2,(H,29,30)/b3-1-. The summed E-state index contributed by atoms with van der Waals surface area (Å²) in [4.78, 5) is 10.4. The van der Waals surface area contributed by atoms with Gasteiger partial charge in [-0.15, -0.1) is 0 Å². The first kappa shape index (κ1) is 24.7. The summed E-state index contributed by atoms with van der Waals surface area (Å²) < 4.78 is 0. The van der Waals surface area contributed by atoms with Gasteiger partial charge in [-0.1, -0.05) is 87.8 Å². The van der Waals surface area contributed by atoms with E-state index in [4.69, 9.17) is 5.11 Å². The van der Waals surface area contributed by atoms with E-state index in [2.05, 4.69) is 36.4 Å². The highest BCUT2D eigenvalue weighted by atomic mass is 16.4. The van der Waals surface area contributed by atoms with E-state index in [0.717, 1.165) is 18.8 Å². The molecule has 0 radical (unpaired) electrons. The van der Waals surface area contributed by atoms with Crippen molar-refractivity contribution >= 4 is 5.97 Å². The van der Waals surface area contributed by atoms with Crippen molar-refractivity contribution in [2.24, 2.45) is 0 Å². The van der Waals surface area contributed by atoms with Gasteiger partial charge in [0.25, 0.3) is 0 Å². The minimum absolute atomic E-state index is 0.328. The van der Waals surface area contributed by atoms with Crippen molar-refractivity contribution in [1.82, 2.24) is 0 Å². The van der Waals surface area contributed by atoms with E-state index in [1.54, 1.807) is 11.1 Å². The Hall–Kier alpha value is -1.57. The maximum atomic E-state index is 10.4. The molecule has 2 heteroatoms. The van der Waals surface area contributed by atoms with Crippen molar-refractivity contribution in [3.05, 3.63) is 47.5 Å². The van der Waals surface area contributed by atoms with Gasteiger partial charge in [-0.25, -0.2) is 0 Å². The van der Waals surface area contributed by atoms with Crippen LogP contribution in [0.25, 0.3) is 0 Å². The van der Waals surface area contributed by atoms with Crippen molar-refractivity contribution in [3.63, 3.8) is 0 Å². The lowest BCUT2D eigenvalue weighted by Crippen LogP contribution is -2.09. The van der Waals surface area contributed by atoms with Crippen molar-refractivity contribution in [1.29, 1.82) is 0 Å². The Morgan fingerprint density at radius 3 is 2.13 bits per heavy atom. The van der Waals surface area contributed by atoms with Crippen molar-refractivity contribution in [2.45, 2.75) is 121 Å². The summed E-state index contributed by atoms with van der Waals surface area (Å²) in [6.45, 7) is 0. The molecule has 2 rings (SSSR count). The van der Waals surface area contributed by atoms with Gasteiger partial charge in [-0.05, 0) is 74.8 Å². The van der Waals surface area contributed by atoms with Gasteiger partial charge in [0.1, 0.15) is 0 Å². The van der Waals surface area contributed by atoms with Crippen LogP contribution in [0.1, 0.15) is 126 Å². The number of carbonyl (C=O) groups is 1. The molecule has 1 aromatic carbocycles. The van der Waals surface area contributed by atoms with Gasteiger partial charge in [0, 0.05) is 6.42 Å². The molecule has 1 aromatic rings. The first-order valence-electron chi connectivity index (χ1n) is 12.7. The number of benzene rings is 1. The molecule has 168 valence electrons. The van der Waals surface area contributed by atoms with Crippen LogP contribution in [0, 0.1) is 0 Å². The highest BCUT2D eigenvalue weighted by molar-refractivity contribution is 5.66. The molecule has 1 N–H and O–H groups in total. The maximum Gasteiger partial charge on any atom is 0.303 e. The summed E-state index contributed by atoms with van der Waals surface area (Å²) >= 11 is 0. The second kappa shape index (κ2) is 16.2. The smallest absolute Gasteiger partial charge is 0.303 e. The molecule has 0 saturated carbocycles. The monoisotopic (exact) mass is 412 g/mol. The fourth-order valence-electron chi connectivity index (χ4n) is 4.82. The second-order valence-electron chi connectivity index (χ2n) is 9.16. The quantitative estimate of drug-likeness (QED) is 0.205. The van der Waals surface area contributed by atoms with Crippen molar-refractivity contribution in [2.75, 3.05) is 0 Å². The fraction of sp³-hybridized carbons (Fsp3) is 0.679. The summed E-state index contributed by atoms with van der Waals surface area (Å²) in [5.74, 6) is 0.161.